The van der Waals surface area contributed by atoms with Crippen molar-refractivity contribution in [3.63, 3.8) is 0 Å². The van der Waals surface area contributed by atoms with Crippen molar-refractivity contribution in [3.8, 4) is 0 Å². The first-order valence-electron chi connectivity index (χ1n) is 4.41. The van der Waals surface area contributed by atoms with Gasteiger partial charge in [-0.15, -0.1) is 0 Å². The van der Waals surface area contributed by atoms with Crippen molar-refractivity contribution >= 4 is 0 Å². The maximum Gasteiger partial charge on any atom is 0.0511 e. The molecule has 0 saturated heterocycles. The summed E-state index contributed by atoms with van der Waals surface area (Å²) >= 11 is 0. The molecule has 3 N–H and O–H groups in total. The zero-order valence-electron chi connectivity index (χ0n) is 7.09. The molecule has 1 atom stereocenters. The molecular formula is C10H14N2. The van der Waals surface area contributed by atoms with Crippen LogP contribution in [0, 0.1) is 0 Å². The van der Waals surface area contributed by atoms with E-state index < -0.39 is 0 Å². The van der Waals surface area contributed by atoms with Crippen LogP contribution in [0.15, 0.2) is 35.6 Å². The van der Waals surface area contributed by atoms with Crippen molar-refractivity contribution in [2.75, 3.05) is 6.54 Å². The molecule has 2 aliphatic rings. The van der Waals surface area contributed by atoms with Crippen molar-refractivity contribution < 1.29 is 0 Å². The Morgan fingerprint density at radius 1 is 1.42 bits per heavy atom. The Bertz CT molecular complexity index is 261. The molecule has 2 heteroatoms. The van der Waals surface area contributed by atoms with E-state index >= 15 is 0 Å². The van der Waals surface area contributed by atoms with Crippen molar-refractivity contribution in [1.82, 2.24) is 5.32 Å². The molecule has 0 aromatic carbocycles. The maximum absolute atomic E-state index is 5.55. The fourth-order valence-corrected chi connectivity index (χ4v) is 1.69. The predicted octanol–water partition coefficient (Wildman–Crippen LogP) is 1.08. The highest BCUT2D eigenvalue weighted by Gasteiger charge is 2.17. The lowest BCUT2D eigenvalue weighted by Crippen LogP contribution is -2.35. The number of nitrogens with two attached hydrogens (primary N) is 1. The van der Waals surface area contributed by atoms with Gasteiger partial charge in [0.1, 0.15) is 0 Å². The maximum atomic E-state index is 5.55. The molecule has 0 fully saturated rings. The largest absolute Gasteiger partial charge is 0.380 e. The van der Waals surface area contributed by atoms with E-state index in [1.165, 1.54) is 5.57 Å². The van der Waals surface area contributed by atoms with Crippen LogP contribution in [-0.4, -0.2) is 12.6 Å². The smallest absolute Gasteiger partial charge is 0.0511 e. The Morgan fingerprint density at radius 2 is 2.33 bits per heavy atom. The van der Waals surface area contributed by atoms with Crippen LogP contribution < -0.4 is 11.1 Å². The molecule has 1 unspecified atom stereocenters. The van der Waals surface area contributed by atoms with E-state index in [1.807, 2.05) is 0 Å². The molecule has 0 spiro atoms. The SMILES string of the molecule is NCC1=CC=C2CC=CCC2N1. The lowest BCUT2D eigenvalue weighted by atomic mass is 9.92. The van der Waals surface area contributed by atoms with Gasteiger partial charge in [0.2, 0.25) is 0 Å². The number of nitrogens with one attached hydrogen (secondary N) is 1. The summed E-state index contributed by atoms with van der Waals surface area (Å²) in [6.45, 7) is 0.615. The molecule has 0 aromatic rings. The van der Waals surface area contributed by atoms with Gasteiger partial charge >= 0.3 is 0 Å². The minimum Gasteiger partial charge on any atom is -0.380 e. The van der Waals surface area contributed by atoms with Crippen molar-refractivity contribution in [2.45, 2.75) is 18.9 Å². The summed E-state index contributed by atoms with van der Waals surface area (Å²) in [6.07, 6.45) is 10.9. The van der Waals surface area contributed by atoms with Gasteiger partial charge in [0.15, 0.2) is 0 Å². The zero-order chi connectivity index (χ0) is 8.39. The summed E-state index contributed by atoms with van der Waals surface area (Å²) in [5, 5.41) is 3.42. The second-order valence-electron chi connectivity index (χ2n) is 3.25. The van der Waals surface area contributed by atoms with Gasteiger partial charge in [0, 0.05) is 12.2 Å². The Kier molecular flexibility index (Phi) is 2.00. The van der Waals surface area contributed by atoms with Crippen LogP contribution in [0.2, 0.25) is 0 Å². The Balaban J connectivity index is 2.17. The van der Waals surface area contributed by atoms with Gasteiger partial charge in [-0.2, -0.15) is 0 Å². The van der Waals surface area contributed by atoms with Gasteiger partial charge in [0.25, 0.3) is 0 Å². The van der Waals surface area contributed by atoms with E-state index in [9.17, 15) is 0 Å². The van der Waals surface area contributed by atoms with E-state index in [4.69, 9.17) is 5.73 Å². The number of allylic oxidation sites excluding steroid dienone is 3. The summed E-state index contributed by atoms with van der Waals surface area (Å²) in [7, 11) is 0. The number of dihydropyridines is 1. The molecule has 2 rings (SSSR count). The van der Waals surface area contributed by atoms with E-state index in [0.717, 1.165) is 18.5 Å². The minimum absolute atomic E-state index is 0.513. The third-order valence-electron chi connectivity index (χ3n) is 2.42. The molecule has 64 valence electrons. The second-order valence-corrected chi connectivity index (χ2v) is 3.25. The van der Waals surface area contributed by atoms with Crippen LogP contribution in [-0.2, 0) is 0 Å². The highest BCUT2D eigenvalue weighted by atomic mass is 15.0. The lowest BCUT2D eigenvalue weighted by Gasteiger charge is -2.28. The quantitative estimate of drug-likeness (QED) is 0.566. The molecular weight excluding hydrogens is 148 g/mol. The van der Waals surface area contributed by atoms with Gasteiger partial charge in [-0.25, -0.2) is 0 Å². The highest BCUT2D eigenvalue weighted by molar-refractivity contribution is 5.32. The monoisotopic (exact) mass is 162 g/mol. The first-order valence-corrected chi connectivity index (χ1v) is 4.41. The van der Waals surface area contributed by atoms with Gasteiger partial charge in [-0.05, 0) is 24.5 Å². The van der Waals surface area contributed by atoms with E-state index in [-0.39, 0.29) is 0 Å². The average molecular weight is 162 g/mol. The molecule has 0 bridgehead atoms. The van der Waals surface area contributed by atoms with Crippen LogP contribution in [0.25, 0.3) is 0 Å². The van der Waals surface area contributed by atoms with Crippen LogP contribution in [0.1, 0.15) is 12.8 Å². The van der Waals surface area contributed by atoms with Gasteiger partial charge in [0.05, 0.1) is 6.04 Å². The van der Waals surface area contributed by atoms with Gasteiger partial charge < -0.3 is 11.1 Å². The summed E-state index contributed by atoms with van der Waals surface area (Å²) in [6, 6.07) is 0.513. The van der Waals surface area contributed by atoms with Crippen molar-refractivity contribution in [1.29, 1.82) is 0 Å². The molecule has 0 saturated carbocycles. The molecule has 1 aliphatic heterocycles. The predicted molar refractivity (Wildman–Crippen MR) is 50.5 cm³/mol. The Morgan fingerprint density at radius 3 is 3.17 bits per heavy atom. The Hall–Kier alpha value is -1.02. The first kappa shape index (κ1) is 7.62. The first-order chi connectivity index (χ1) is 5.90. The van der Waals surface area contributed by atoms with Gasteiger partial charge in [-0.1, -0.05) is 18.2 Å². The van der Waals surface area contributed by atoms with E-state index in [0.29, 0.717) is 12.6 Å². The topological polar surface area (TPSA) is 38.0 Å². The van der Waals surface area contributed by atoms with Gasteiger partial charge in [-0.3, -0.25) is 0 Å². The van der Waals surface area contributed by atoms with Crippen LogP contribution in [0.3, 0.4) is 0 Å². The minimum atomic E-state index is 0.513. The average Bonchev–Trinajstić information content (AvgIpc) is 2.17. The molecule has 0 radical (unpaired) electrons. The molecule has 0 aromatic heterocycles. The molecule has 1 aliphatic carbocycles. The van der Waals surface area contributed by atoms with E-state index in [2.05, 4.69) is 29.6 Å². The number of rotatable bonds is 1. The van der Waals surface area contributed by atoms with Crippen LogP contribution >= 0.6 is 0 Å². The zero-order valence-corrected chi connectivity index (χ0v) is 7.09. The fourth-order valence-electron chi connectivity index (χ4n) is 1.69. The highest BCUT2D eigenvalue weighted by Crippen LogP contribution is 2.21. The standard InChI is InChI=1S/C10H14N2/c11-7-9-6-5-8-3-1-2-4-10(8)12-9/h1-2,5-6,10,12H,3-4,7,11H2. The Labute approximate surface area is 72.8 Å². The van der Waals surface area contributed by atoms with Crippen molar-refractivity contribution in [2.24, 2.45) is 5.73 Å². The molecule has 0 amide bonds. The number of fused-ring (bicyclic) bond motifs is 1. The molecule has 1 heterocycles. The number of hydrogen-bond acceptors (Lipinski definition) is 2. The second kappa shape index (κ2) is 3.15. The fraction of sp³-hybridized carbons (Fsp3) is 0.400. The van der Waals surface area contributed by atoms with Crippen LogP contribution in [0.4, 0.5) is 0 Å². The van der Waals surface area contributed by atoms with E-state index in [1.54, 1.807) is 0 Å². The third kappa shape index (κ3) is 1.30. The lowest BCUT2D eigenvalue weighted by molar-refractivity contribution is 0.604. The van der Waals surface area contributed by atoms with Crippen molar-refractivity contribution in [3.05, 3.63) is 35.6 Å². The molecule has 12 heavy (non-hydrogen) atoms. The normalized spacial score (nSPS) is 26.9. The molecule has 2 nitrogen and oxygen atoms in total. The summed E-state index contributed by atoms with van der Waals surface area (Å²) in [4.78, 5) is 0. The summed E-state index contributed by atoms with van der Waals surface area (Å²) in [5.74, 6) is 0. The summed E-state index contributed by atoms with van der Waals surface area (Å²) in [5.41, 5.74) is 8.18. The summed E-state index contributed by atoms with van der Waals surface area (Å²) < 4.78 is 0. The number of hydrogen-bond donors (Lipinski definition) is 2. The van der Waals surface area contributed by atoms with Crippen LogP contribution in [0.5, 0.6) is 0 Å². The third-order valence-corrected chi connectivity index (χ3v) is 2.42.